The van der Waals surface area contributed by atoms with Crippen molar-refractivity contribution in [3.05, 3.63) is 63.3 Å². The second-order valence-electron chi connectivity index (χ2n) is 4.53. The minimum atomic E-state index is -0.460. The molecular weight excluding hydrogens is 380 g/mol. The Morgan fingerprint density at radius 1 is 1.35 bits per heavy atom. The maximum atomic E-state index is 11.5. The number of alkyl carbamates (subject to hydrolysis) is 1. The molecule has 23 heavy (non-hydrogen) atoms. The monoisotopic (exact) mass is 392 g/mol. The molecule has 1 amide bonds. The van der Waals surface area contributed by atoms with Crippen LogP contribution in [0.3, 0.4) is 0 Å². The molecule has 2 rings (SSSR count). The van der Waals surface area contributed by atoms with Gasteiger partial charge >= 0.3 is 6.09 Å². The molecule has 6 heteroatoms. The highest BCUT2D eigenvalue weighted by molar-refractivity contribution is 9.10. The number of hydrogen-bond donors (Lipinski definition) is 1. The predicted octanol–water partition coefficient (Wildman–Crippen LogP) is 4.17. The molecule has 0 saturated carbocycles. The fraction of sp³-hybridized carbons (Fsp3) is 0.176. The van der Waals surface area contributed by atoms with Crippen molar-refractivity contribution in [1.29, 1.82) is 0 Å². The standard InChI is InChI=1S/C17H14BrClN2O2/c18-15-10-14(16(19)21-11-15)8-4-5-9-20-17(22)23-12-13-6-2-1-3-7-13/h1-3,6-7,10-11H,5,9,12H2,(H,20,22). The van der Waals surface area contributed by atoms with E-state index >= 15 is 0 Å². The number of carbonyl (C=O) groups is 1. The molecule has 1 heterocycles. The van der Waals surface area contributed by atoms with Crippen LogP contribution >= 0.6 is 27.5 Å². The van der Waals surface area contributed by atoms with E-state index < -0.39 is 6.09 Å². The first kappa shape index (κ1) is 17.3. The van der Waals surface area contributed by atoms with Crippen LogP contribution in [0, 0.1) is 11.8 Å². The molecule has 0 unspecified atom stereocenters. The van der Waals surface area contributed by atoms with Gasteiger partial charge in [0, 0.05) is 23.6 Å². The van der Waals surface area contributed by atoms with Gasteiger partial charge in [0.15, 0.2) is 0 Å². The van der Waals surface area contributed by atoms with Gasteiger partial charge in [-0.3, -0.25) is 0 Å². The highest BCUT2D eigenvalue weighted by Crippen LogP contribution is 2.16. The first-order valence-electron chi connectivity index (χ1n) is 6.89. The summed E-state index contributed by atoms with van der Waals surface area (Å²) in [5, 5.41) is 3.00. The molecule has 1 aromatic carbocycles. The van der Waals surface area contributed by atoms with Gasteiger partial charge < -0.3 is 10.1 Å². The number of amides is 1. The lowest BCUT2D eigenvalue weighted by molar-refractivity contribution is 0.140. The summed E-state index contributed by atoms with van der Waals surface area (Å²) < 4.78 is 5.91. The summed E-state index contributed by atoms with van der Waals surface area (Å²) in [6.45, 7) is 0.650. The quantitative estimate of drug-likeness (QED) is 0.482. The lowest BCUT2D eigenvalue weighted by Gasteiger charge is -2.05. The molecule has 0 atom stereocenters. The Morgan fingerprint density at radius 2 is 2.13 bits per heavy atom. The Morgan fingerprint density at radius 3 is 2.91 bits per heavy atom. The van der Waals surface area contributed by atoms with Crippen molar-refractivity contribution in [1.82, 2.24) is 10.3 Å². The van der Waals surface area contributed by atoms with Crippen LogP contribution in [0.2, 0.25) is 5.15 Å². The number of hydrogen-bond acceptors (Lipinski definition) is 3. The van der Waals surface area contributed by atoms with Crippen LogP contribution in [0.25, 0.3) is 0 Å². The van der Waals surface area contributed by atoms with Crippen LogP contribution in [0.1, 0.15) is 17.5 Å². The second-order valence-corrected chi connectivity index (χ2v) is 5.81. The van der Waals surface area contributed by atoms with Gasteiger partial charge in [-0.15, -0.1) is 0 Å². The fourth-order valence-electron chi connectivity index (χ4n) is 1.67. The van der Waals surface area contributed by atoms with E-state index in [0.717, 1.165) is 10.0 Å². The topological polar surface area (TPSA) is 51.2 Å². The van der Waals surface area contributed by atoms with E-state index in [0.29, 0.717) is 23.7 Å². The molecule has 0 saturated heterocycles. The molecule has 0 aliphatic heterocycles. The molecule has 0 radical (unpaired) electrons. The number of nitrogens with zero attached hydrogens (tertiary/aromatic N) is 1. The number of pyridine rings is 1. The summed E-state index contributed by atoms with van der Waals surface area (Å²) >= 11 is 9.25. The van der Waals surface area contributed by atoms with Crippen molar-refractivity contribution < 1.29 is 9.53 Å². The molecular formula is C17H14BrClN2O2. The maximum absolute atomic E-state index is 11.5. The number of aromatic nitrogens is 1. The first-order valence-corrected chi connectivity index (χ1v) is 8.07. The van der Waals surface area contributed by atoms with Crippen LogP contribution < -0.4 is 5.32 Å². The fourth-order valence-corrected chi connectivity index (χ4v) is 2.15. The summed E-state index contributed by atoms with van der Waals surface area (Å²) in [4.78, 5) is 15.5. The van der Waals surface area contributed by atoms with Crippen LogP contribution in [0.15, 0.2) is 47.1 Å². The van der Waals surface area contributed by atoms with Gasteiger partial charge in [-0.2, -0.15) is 0 Å². The zero-order valence-corrected chi connectivity index (χ0v) is 14.5. The zero-order valence-electron chi connectivity index (χ0n) is 12.2. The molecule has 2 aromatic rings. The number of rotatable bonds is 4. The van der Waals surface area contributed by atoms with Crippen LogP contribution in [-0.4, -0.2) is 17.6 Å². The van der Waals surface area contributed by atoms with E-state index in [9.17, 15) is 4.79 Å². The molecule has 4 nitrogen and oxygen atoms in total. The summed E-state index contributed by atoms with van der Waals surface area (Å²) in [5.74, 6) is 5.85. The van der Waals surface area contributed by atoms with E-state index in [-0.39, 0.29) is 6.61 Å². The summed E-state index contributed by atoms with van der Waals surface area (Å²) in [6, 6.07) is 11.3. The van der Waals surface area contributed by atoms with Gasteiger partial charge in [0.05, 0.1) is 5.56 Å². The van der Waals surface area contributed by atoms with Crippen LogP contribution in [0.5, 0.6) is 0 Å². The first-order chi connectivity index (χ1) is 11.1. The van der Waals surface area contributed by atoms with Crippen LogP contribution in [0.4, 0.5) is 4.79 Å². The molecule has 0 fully saturated rings. The molecule has 0 spiro atoms. The third kappa shape index (κ3) is 6.31. The normalized spacial score (nSPS) is 9.65. The molecule has 0 aliphatic carbocycles. The largest absolute Gasteiger partial charge is 0.445 e. The van der Waals surface area contributed by atoms with Crippen LogP contribution in [-0.2, 0) is 11.3 Å². The zero-order chi connectivity index (χ0) is 16.5. The molecule has 0 aliphatic rings. The lowest BCUT2D eigenvalue weighted by atomic mass is 10.2. The van der Waals surface area contributed by atoms with Gasteiger partial charge in [-0.05, 0) is 27.6 Å². The summed E-state index contributed by atoms with van der Waals surface area (Å²) in [5.41, 5.74) is 1.59. The molecule has 118 valence electrons. The van der Waals surface area contributed by atoms with Crippen molar-refractivity contribution in [3.63, 3.8) is 0 Å². The highest BCUT2D eigenvalue weighted by Gasteiger charge is 2.01. The minimum absolute atomic E-state index is 0.248. The lowest BCUT2D eigenvalue weighted by Crippen LogP contribution is -2.24. The van der Waals surface area contributed by atoms with Crippen molar-refractivity contribution in [2.24, 2.45) is 0 Å². The van der Waals surface area contributed by atoms with Gasteiger partial charge in [-0.1, -0.05) is 53.8 Å². The van der Waals surface area contributed by atoms with E-state index in [4.69, 9.17) is 16.3 Å². The summed E-state index contributed by atoms with van der Waals surface area (Å²) in [6.07, 6.45) is 1.64. The van der Waals surface area contributed by atoms with E-state index in [1.54, 1.807) is 12.3 Å². The predicted molar refractivity (Wildman–Crippen MR) is 93.1 cm³/mol. The number of nitrogens with one attached hydrogen (secondary N) is 1. The number of benzene rings is 1. The Kier molecular flexibility index (Phi) is 6.92. The molecule has 1 aromatic heterocycles. The van der Waals surface area contributed by atoms with E-state index in [1.807, 2.05) is 30.3 Å². The van der Waals surface area contributed by atoms with Crippen molar-refractivity contribution in [2.75, 3.05) is 6.54 Å². The molecule has 1 N–H and O–H groups in total. The number of carbonyl (C=O) groups excluding carboxylic acids is 1. The Bertz CT molecular complexity index is 726. The number of halogens is 2. The second kappa shape index (κ2) is 9.19. The average Bonchev–Trinajstić information content (AvgIpc) is 2.56. The van der Waals surface area contributed by atoms with E-state index in [2.05, 4.69) is 38.1 Å². The SMILES string of the molecule is O=C(NCCC#Cc1cc(Br)cnc1Cl)OCc1ccccc1. The van der Waals surface area contributed by atoms with Crippen molar-refractivity contribution in [3.8, 4) is 11.8 Å². The average molecular weight is 394 g/mol. The highest BCUT2D eigenvalue weighted by atomic mass is 79.9. The van der Waals surface area contributed by atoms with Crippen molar-refractivity contribution >= 4 is 33.6 Å². The van der Waals surface area contributed by atoms with E-state index in [1.165, 1.54) is 0 Å². The minimum Gasteiger partial charge on any atom is -0.445 e. The summed E-state index contributed by atoms with van der Waals surface area (Å²) in [7, 11) is 0. The van der Waals surface area contributed by atoms with Crippen molar-refractivity contribution in [2.45, 2.75) is 13.0 Å². The Hall–Kier alpha value is -2.03. The Labute approximate surface area is 148 Å². The third-order valence-corrected chi connectivity index (χ3v) is 3.50. The van der Waals surface area contributed by atoms with Gasteiger partial charge in [0.1, 0.15) is 11.8 Å². The molecule has 0 bridgehead atoms. The van der Waals surface area contributed by atoms with Gasteiger partial charge in [-0.25, -0.2) is 9.78 Å². The Balaban J connectivity index is 1.70. The van der Waals surface area contributed by atoms with Gasteiger partial charge in [0.25, 0.3) is 0 Å². The smallest absolute Gasteiger partial charge is 0.407 e. The van der Waals surface area contributed by atoms with Gasteiger partial charge in [0.2, 0.25) is 0 Å². The number of ether oxygens (including phenoxy) is 1. The maximum Gasteiger partial charge on any atom is 0.407 e. The third-order valence-electron chi connectivity index (χ3n) is 2.76.